The van der Waals surface area contributed by atoms with E-state index in [4.69, 9.17) is 0 Å². The lowest BCUT2D eigenvalue weighted by molar-refractivity contribution is 0.0940. The van der Waals surface area contributed by atoms with Crippen molar-refractivity contribution in [3.8, 4) is 0 Å². The van der Waals surface area contributed by atoms with Gasteiger partial charge in [0.05, 0.1) is 6.04 Å². The molecule has 24 heavy (non-hydrogen) atoms. The fourth-order valence-corrected chi connectivity index (χ4v) is 2.77. The van der Waals surface area contributed by atoms with Crippen LogP contribution in [0.5, 0.6) is 0 Å². The third kappa shape index (κ3) is 3.40. The van der Waals surface area contributed by atoms with E-state index < -0.39 is 0 Å². The van der Waals surface area contributed by atoms with Crippen molar-refractivity contribution in [1.82, 2.24) is 5.32 Å². The molecule has 0 spiro atoms. The first-order valence-corrected chi connectivity index (χ1v) is 8.11. The molecule has 0 aliphatic carbocycles. The molecule has 1 N–H and O–H groups in total. The van der Waals surface area contributed by atoms with Crippen LogP contribution in [0.3, 0.4) is 0 Å². The molecule has 0 fully saturated rings. The highest BCUT2D eigenvalue weighted by Crippen LogP contribution is 2.21. The summed E-state index contributed by atoms with van der Waals surface area (Å²) in [6.45, 7) is 2.01. The molecule has 1 atom stereocenters. The summed E-state index contributed by atoms with van der Waals surface area (Å²) < 4.78 is 0. The van der Waals surface area contributed by atoms with Crippen molar-refractivity contribution >= 4 is 22.4 Å². The van der Waals surface area contributed by atoms with Crippen LogP contribution in [0.1, 0.15) is 28.9 Å². The second-order valence-corrected chi connectivity index (χ2v) is 6.25. The van der Waals surface area contributed by atoms with Crippen molar-refractivity contribution in [1.29, 1.82) is 0 Å². The van der Waals surface area contributed by atoms with Gasteiger partial charge in [-0.1, -0.05) is 42.5 Å². The van der Waals surface area contributed by atoms with Crippen molar-refractivity contribution in [2.75, 3.05) is 19.0 Å². The molecule has 0 saturated carbocycles. The summed E-state index contributed by atoms with van der Waals surface area (Å²) in [4.78, 5) is 14.5. The summed E-state index contributed by atoms with van der Waals surface area (Å²) in [5.41, 5.74) is 2.79. The zero-order chi connectivity index (χ0) is 17.1. The van der Waals surface area contributed by atoms with Crippen molar-refractivity contribution < 1.29 is 4.79 Å². The Bertz CT molecular complexity index is 870. The molecule has 0 aliphatic heterocycles. The number of nitrogens with zero attached hydrogens (tertiary/aromatic N) is 1. The maximum Gasteiger partial charge on any atom is 0.251 e. The van der Waals surface area contributed by atoms with Crippen molar-refractivity contribution in [3.05, 3.63) is 77.9 Å². The topological polar surface area (TPSA) is 32.3 Å². The average molecular weight is 318 g/mol. The van der Waals surface area contributed by atoms with Gasteiger partial charge < -0.3 is 10.2 Å². The lowest BCUT2D eigenvalue weighted by atomic mass is 10.0. The van der Waals surface area contributed by atoms with Crippen LogP contribution in [0.4, 0.5) is 5.69 Å². The lowest BCUT2D eigenvalue weighted by Crippen LogP contribution is -2.26. The average Bonchev–Trinajstić information content (AvgIpc) is 2.61. The molecule has 1 unspecified atom stereocenters. The molecule has 0 bridgehead atoms. The van der Waals surface area contributed by atoms with E-state index in [0.717, 1.165) is 11.3 Å². The second kappa shape index (κ2) is 6.75. The third-order valence-corrected chi connectivity index (χ3v) is 4.25. The Morgan fingerprint density at radius 2 is 1.67 bits per heavy atom. The number of amides is 1. The van der Waals surface area contributed by atoms with Crippen LogP contribution >= 0.6 is 0 Å². The molecule has 122 valence electrons. The van der Waals surface area contributed by atoms with Gasteiger partial charge in [0.15, 0.2) is 0 Å². The van der Waals surface area contributed by atoms with Crippen LogP contribution in [0.25, 0.3) is 10.8 Å². The van der Waals surface area contributed by atoms with Gasteiger partial charge in [0.1, 0.15) is 0 Å². The molecule has 0 saturated heterocycles. The first kappa shape index (κ1) is 16.1. The first-order valence-electron chi connectivity index (χ1n) is 8.11. The van der Waals surface area contributed by atoms with Crippen LogP contribution in [-0.2, 0) is 0 Å². The molecule has 3 aromatic rings. The molecule has 3 aromatic carbocycles. The number of carbonyl (C=O) groups is 1. The number of hydrogen-bond donors (Lipinski definition) is 1. The van der Waals surface area contributed by atoms with E-state index in [1.54, 1.807) is 0 Å². The van der Waals surface area contributed by atoms with Gasteiger partial charge in [0, 0.05) is 25.3 Å². The quantitative estimate of drug-likeness (QED) is 0.773. The van der Waals surface area contributed by atoms with Crippen LogP contribution in [0.2, 0.25) is 0 Å². The highest BCUT2D eigenvalue weighted by atomic mass is 16.1. The van der Waals surface area contributed by atoms with Gasteiger partial charge in [0.2, 0.25) is 0 Å². The molecule has 3 nitrogen and oxygen atoms in total. The Balaban J connectivity index is 1.79. The monoisotopic (exact) mass is 318 g/mol. The first-order chi connectivity index (χ1) is 11.5. The van der Waals surface area contributed by atoms with Gasteiger partial charge in [-0.2, -0.15) is 0 Å². The van der Waals surface area contributed by atoms with Crippen LogP contribution in [0.15, 0.2) is 66.7 Å². The zero-order valence-electron chi connectivity index (χ0n) is 14.3. The number of hydrogen-bond acceptors (Lipinski definition) is 2. The van der Waals surface area contributed by atoms with E-state index in [2.05, 4.69) is 35.6 Å². The fourth-order valence-electron chi connectivity index (χ4n) is 2.77. The number of fused-ring (bicyclic) bond motifs is 1. The summed E-state index contributed by atoms with van der Waals surface area (Å²) >= 11 is 0. The Kier molecular flexibility index (Phi) is 4.52. The molecule has 3 rings (SSSR count). The minimum atomic E-state index is -0.0561. The molecular weight excluding hydrogens is 296 g/mol. The molecule has 0 aliphatic rings. The van der Waals surface area contributed by atoms with E-state index in [0.29, 0.717) is 5.56 Å². The van der Waals surface area contributed by atoms with Crippen LogP contribution in [-0.4, -0.2) is 20.0 Å². The van der Waals surface area contributed by atoms with Crippen LogP contribution < -0.4 is 10.2 Å². The minimum Gasteiger partial charge on any atom is -0.378 e. The van der Waals surface area contributed by atoms with Crippen molar-refractivity contribution in [2.24, 2.45) is 0 Å². The smallest absolute Gasteiger partial charge is 0.251 e. The van der Waals surface area contributed by atoms with Gasteiger partial charge in [-0.25, -0.2) is 0 Å². The number of rotatable bonds is 4. The number of carbonyl (C=O) groups excluding carboxylic acids is 1. The van der Waals surface area contributed by atoms with E-state index in [-0.39, 0.29) is 11.9 Å². The SMILES string of the molecule is CC(NC(=O)c1cccc(N(C)C)c1)c1ccc2ccccc2c1. The normalized spacial score (nSPS) is 12.0. The van der Waals surface area contributed by atoms with Gasteiger partial charge >= 0.3 is 0 Å². The fraction of sp³-hybridized carbons (Fsp3) is 0.190. The highest BCUT2D eigenvalue weighted by Gasteiger charge is 2.12. The number of anilines is 1. The molecule has 1 amide bonds. The molecule has 0 heterocycles. The van der Waals surface area contributed by atoms with Gasteiger partial charge in [-0.05, 0) is 47.5 Å². The number of nitrogens with one attached hydrogen (secondary N) is 1. The Labute approximate surface area is 142 Å². The van der Waals surface area contributed by atoms with Gasteiger partial charge in [0.25, 0.3) is 5.91 Å². The van der Waals surface area contributed by atoms with Gasteiger partial charge in [-0.3, -0.25) is 4.79 Å². The summed E-state index contributed by atoms with van der Waals surface area (Å²) in [5.74, 6) is -0.0561. The van der Waals surface area contributed by atoms with Crippen LogP contribution in [0, 0.1) is 0 Å². The van der Waals surface area contributed by atoms with E-state index in [9.17, 15) is 4.79 Å². The molecule has 0 radical (unpaired) electrons. The lowest BCUT2D eigenvalue weighted by Gasteiger charge is -2.17. The summed E-state index contributed by atoms with van der Waals surface area (Å²) in [6.07, 6.45) is 0. The molecule has 0 aromatic heterocycles. The zero-order valence-corrected chi connectivity index (χ0v) is 14.3. The summed E-state index contributed by atoms with van der Waals surface area (Å²) in [6, 6.07) is 22.1. The standard InChI is InChI=1S/C21H22N2O/c1-15(17-12-11-16-7-4-5-8-18(16)13-17)22-21(24)19-9-6-10-20(14-19)23(2)3/h4-15H,1-3H3,(H,22,24). The summed E-state index contributed by atoms with van der Waals surface area (Å²) in [5, 5.41) is 5.48. The number of benzene rings is 3. The van der Waals surface area contributed by atoms with Crippen molar-refractivity contribution in [2.45, 2.75) is 13.0 Å². The predicted octanol–water partition coefficient (Wildman–Crippen LogP) is 4.40. The van der Waals surface area contributed by atoms with Crippen molar-refractivity contribution in [3.63, 3.8) is 0 Å². The van der Waals surface area contributed by atoms with E-state index in [1.165, 1.54) is 10.8 Å². The Hall–Kier alpha value is -2.81. The van der Waals surface area contributed by atoms with Gasteiger partial charge in [-0.15, -0.1) is 0 Å². The highest BCUT2D eigenvalue weighted by molar-refractivity contribution is 5.95. The third-order valence-electron chi connectivity index (χ3n) is 4.25. The molecular formula is C21H22N2O. The Morgan fingerprint density at radius 3 is 2.42 bits per heavy atom. The van der Waals surface area contributed by atoms with E-state index >= 15 is 0 Å². The second-order valence-electron chi connectivity index (χ2n) is 6.25. The predicted molar refractivity (Wildman–Crippen MR) is 101 cm³/mol. The largest absolute Gasteiger partial charge is 0.378 e. The minimum absolute atomic E-state index is 0.0508. The molecule has 3 heteroatoms. The summed E-state index contributed by atoms with van der Waals surface area (Å²) in [7, 11) is 3.93. The van der Waals surface area contributed by atoms with E-state index in [1.807, 2.05) is 62.3 Å². The maximum atomic E-state index is 12.5. The maximum absolute atomic E-state index is 12.5. The Morgan fingerprint density at radius 1 is 0.917 bits per heavy atom.